The molecule has 0 fully saturated rings. The molecule has 45 heavy (non-hydrogen) atoms. The Morgan fingerprint density at radius 2 is 0.844 bits per heavy atom. The number of allylic oxidation sites excluding steroid dienone is 2. The van der Waals surface area contributed by atoms with E-state index in [2.05, 4.69) is 0 Å². The van der Waals surface area contributed by atoms with Crippen LogP contribution >= 0.6 is 22.7 Å². The highest BCUT2D eigenvalue weighted by Crippen LogP contribution is 2.68. The van der Waals surface area contributed by atoms with Gasteiger partial charge in [-0.05, 0) is 71.8 Å². The second kappa shape index (κ2) is 10.7. The highest BCUT2D eigenvalue weighted by Gasteiger charge is 2.81. The highest BCUT2D eigenvalue weighted by atomic mass is 32.1. The summed E-state index contributed by atoms with van der Waals surface area (Å²) in [5.74, 6) is -18.0. The molecule has 1 aliphatic rings. The number of ether oxygens (including phenoxy) is 2. The maximum atomic E-state index is 15.5. The Hall–Kier alpha value is -3.66. The van der Waals surface area contributed by atoms with E-state index in [-0.39, 0.29) is 45.3 Å². The number of hydrogen-bond donors (Lipinski definition) is 0. The second-order valence-electron chi connectivity index (χ2n) is 9.63. The normalized spacial score (nSPS) is 17.6. The molecule has 240 valence electrons. The number of rotatable bonds is 6. The molecule has 0 aliphatic heterocycles. The van der Waals surface area contributed by atoms with Crippen molar-refractivity contribution in [3.8, 4) is 32.4 Å². The van der Waals surface area contributed by atoms with E-state index in [0.717, 1.165) is 0 Å². The number of halogens is 12. The van der Waals surface area contributed by atoms with Crippen molar-refractivity contribution in [2.75, 3.05) is 14.2 Å². The minimum Gasteiger partial charge on any atom is -0.497 e. The van der Waals surface area contributed by atoms with E-state index in [9.17, 15) is 35.1 Å². The zero-order chi connectivity index (χ0) is 33.3. The zero-order valence-corrected chi connectivity index (χ0v) is 24.1. The summed E-state index contributed by atoms with van der Waals surface area (Å²) in [6.07, 6.45) is -11.1. The van der Waals surface area contributed by atoms with Gasteiger partial charge in [-0.2, -0.15) is 52.7 Å². The molecule has 0 bridgehead atoms. The number of methoxy groups -OCH3 is 2. The van der Waals surface area contributed by atoms with Crippen LogP contribution < -0.4 is 9.47 Å². The quantitative estimate of drug-likeness (QED) is 0.188. The molecule has 2 nitrogen and oxygen atoms in total. The fourth-order valence-electron chi connectivity index (χ4n) is 4.71. The van der Waals surface area contributed by atoms with Gasteiger partial charge in [0, 0.05) is 19.5 Å². The topological polar surface area (TPSA) is 18.5 Å². The van der Waals surface area contributed by atoms with Crippen LogP contribution in [0.25, 0.3) is 32.0 Å². The first-order valence-electron chi connectivity index (χ1n) is 12.4. The van der Waals surface area contributed by atoms with E-state index in [1.807, 2.05) is 0 Å². The third-order valence-corrected chi connectivity index (χ3v) is 9.35. The molecule has 0 N–H and O–H groups in total. The van der Waals surface area contributed by atoms with Gasteiger partial charge in [0.1, 0.15) is 11.5 Å². The van der Waals surface area contributed by atoms with E-state index in [0.29, 0.717) is 12.1 Å². The lowest BCUT2D eigenvalue weighted by atomic mass is 9.99. The first kappa shape index (κ1) is 32.7. The average molecular weight is 689 g/mol. The maximum absolute atomic E-state index is 15.5. The van der Waals surface area contributed by atoms with Gasteiger partial charge >= 0.3 is 30.1 Å². The van der Waals surface area contributed by atoms with Crippen LogP contribution in [-0.2, 0) is 12.4 Å². The predicted molar refractivity (Wildman–Crippen MR) is 144 cm³/mol. The van der Waals surface area contributed by atoms with Crippen molar-refractivity contribution in [2.45, 2.75) is 30.1 Å². The van der Waals surface area contributed by atoms with Crippen LogP contribution in [0.15, 0.2) is 60.7 Å². The van der Waals surface area contributed by atoms with Crippen molar-refractivity contribution in [2.24, 2.45) is 0 Å². The van der Waals surface area contributed by atoms with Gasteiger partial charge in [0.25, 0.3) is 0 Å². The fraction of sp³-hybridized carbons (Fsp3) is 0.241. The molecule has 0 saturated heterocycles. The fourth-order valence-corrected chi connectivity index (χ4v) is 7.24. The van der Waals surface area contributed by atoms with Gasteiger partial charge in [-0.15, -0.1) is 22.7 Å². The monoisotopic (exact) mass is 688 g/mol. The summed E-state index contributed by atoms with van der Waals surface area (Å²) >= 11 is -0.366. The average Bonchev–Trinajstić information content (AvgIpc) is 3.63. The van der Waals surface area contributed by atoms with Gasteiger partial charge in [0.05, 0.1) is 36.5 Å². The summed E-state index contributed by atoms with van der Waals surface area (Å²) in [6.45, 7) is 0. The third kappa shape index (κ3) is 5.24. The SMILES string of the molecule is COc1ccc(-c2cc(C(F)(F)F)c(C3=C(c4sc(-c5ccc(OC)cc5)cc4C(F)(F)F)C(F)(F)C(F)(F)C3(F)F)s2)cc1. The number of alkyl halides is 12. The molecule has 0 atom stereocenters. The number of thiophene rings is 2. The van der Waals surface area contributed by atoms with E-state index in [4.69, 9.17) is 9.47 Å². The minimum atomic E-state index is -6.40. The number of hydrogen-bond acceptors (Lipinski definition) is 4. The molecule has 2 aromatic heterocycles. The van der Waals surface area contributed by atoms with Crippen molar-refractivity contribution < 1.29 is 62.2 Å². The summed E-state index contributed by atoms with van der Waals surface area (Å²) in [7, 11) is 2.55. The van der Waals surface area contributed by atoms with E-state index < -0.39 is 71.9 Å². The Morgan fingerprint density at radius 1 is 0.533 bits per heavy atom. The summed E-state index contributed by atoms with van der Waals surface area (Å²) in [6, 6.07) is 10.5. The molecule has 0 unspecified atom stereocenters. The molecule has 4 aromatic rings. The van der Waals surface area contributed by atoms with E-state index in [1.54, 1.807) is 0 Å². The summed E-state index contributed by atoms with van der Waals surface area (Å²) in [4.78, 5) is -4.44. The molecule has 2 heterocycles. The van der Waals surface area contributed by atoms with Crippen molar-refractivity contribution in [1.29, 1.82) is 0 Å². The van der Waals surface area contributed by atoms with Crippen LogP contribution in [0.1, 0.15) is 20.9 Å². The molecular formula is C29H16F12O2S2. The molecule has 0 spiro atoms. The second-order valence-corrected chi connectivity index (χ2v) is 11.7. The van der Waals surface area contributed by atoms with Crippen LogP contribution in [0.5, 0.6) is 11.5 Å². The van der Waals surface area contributed by atoms with Crippen LogP contribution in [0.3, 0.4) is 0 Å². The van der Waals surface area contributed by atoms with Gasteiger partial charge in [0.15, 0.2) is 0 Å². The van der Waals surface area contributed by atoms with Crippen LogP contribution in [-0.4, -0.2) is 32.0 Å². The summed E-state index contributed by atoms with van der Waals surface area (Å²) in [5, 5.41) is 0. The standard InChI is InChI=1S/C29H16F12O2S2/c1-42-15-7-3-13(4-8-15)19-11-17(27(34,35)36)23(44-19)21-22(26(32,33)29(40,41)25(21,30)31)24-18(28(37,38)39)12-20(45-24)14-5-9-16(43-2)10-6-14/h3-12H,1-2H3. The Morgan fingerprint density at radius 3 is 1.11 bits per heavy atom. The van der Waals surface area contributed by atoms with Gasteiger partial charge in [-0.25, -0.2) is 0 Å². The van der Waals surface area contributed by atoms with Crippen LogP contribution in [0, 0.1) is 0 Å². The first-order chi connectivity index (χ1) is 20.8. The zero-order valence-electron chi connectivity index (χ0n) is 22.4. The lowest BCUT2D eigenvalue weighted by molar-refractivity contribution is -0.254. The Bertz CT molecular complexity index is 1630. The Kier molecular flexibility index (Phi) is 7.79. The van der Waals surface area contributed by atoms with Gasteiger partial charge in [-0.1, -0.05) is 0 Å². The predicted octanol–water partition coefficient (Wildman–Crippen LogP) is 11.0. The van der Waals surface area contributed by atoms with E-state index in [1.165, 1.54) is 62.8 Å². The molecule has 1 aliphatic carbocycles. The van der Waals surface area contributed by atoms with Crippen LogP contribution in [0.2, 0.25) is 0 Å². The van der Waals surface area contributed by atoms with Gasteiger partial charge in [-0.3, -0.25) is 0 Å². The minimum absolute atomic E-state index is 0.0616. The molecule has 16 heteroatoms. The van der Waals surface area contributed by atoms with Crippen molar-refractivity contribution >= 4 is 33.8 Å². The van der Waals surface area contributed by atoms with Crippen molar-refractivity contribution in [3.63, 3.8) is 0 Å². The first-order valence-corrected chi connectivity index (χ1v) is 14.0. The Labute approximate surface area is 254 Å². The molecule has 0 saturated carbocycles. The molecule has 0 amide bonds. The lowest BCUT2D eigenvalue weighted by Gasteiger charge is -2.25. The molecule has 2 aromatic carbocycles. The van der Waals surface area contributed by atoms with E-state index >= 15 is 17.6 Å². The smallest absolute Gasteiger partial charge is 0.417 e. The highest BCUT2D eigenvalue weighted by molar-refractivity contribution is 7.18. The largest absolute Gasteiger partial charge is 0.497 e. The van der Waals surface area contributed by atoms with Crippen molar-refractivity contribution in [1.82, 2.24) is 0 Å². The third-order valence-electron chi connectivity index (χ3n) is 6.94. The maximum Gasteiger partial charge on any atom is 0.417 e. The Balaban J connectivity index is 1.86. The summed E-state index contributed by atoms with van der Waals surface area (Å²) in [5.41, 5.74) is -9.20. The molecular weight excluding hydrogens is 672 g/mol. The van der Waals surface area contributed by atoms with Crippen LogP contribution in [0.4, 0.5) is 52.7 Å². The lowest BCUT2D eigenvalue weighted by Crippen LogP contribution is -2.49. The molecule has 5 rings (SSSR count). The molecule has 0 radical (unpaired) electrons. The summed E-state index contributed by atoms with van der Waals surface area (Å²) < 4.78 is 187. The number of benzene rings is 2. The van der Waals surface area contributed by atoms with Gasteiger partial charge < -0.3 is 9.47 Å². The van der Waals surface area contributed by atoms with Crippen molar-refractivity contribution in [3.05, 3.63) is 81.5 Å². The van der Waals surface area contributed by atoms with Gasteiger partial charge in [0.2, 0.25) is 0 Å².